The van der Waals surface area contributed by atoms with Gasteiger partial charge in [0.15, 0.2) is 0 Å². The summed E-state index contributed by atoms with van der Waals surface area (Å²) in [6.07, 6.45) is 7.10. The predicted octanol–water partition coefficient (Wildman–Crippen LogP) is 4.11. The van der Waals surface area contributed by atoms with Gasteiger partial charge in [0.25, 0.3) is 5.91 Å². The van der Waals surface area contributed by atoms with Gasteiger partial charge in [-0.05, 0) is 60.5 Å². The maximum atomic E-state index is 12.6. The van der Waals surface area contributed by atoms with E-state index in [1.807, 2.05) is 60.1 Å². The monoisotopic (exact) mass is 438 g/mol. The lowest BCUT2D eigenvalue weighted by atomic mass is 10.1. The molecule has 0 saturated heterocycles. The molecule has 5 aromatic rings. The molecule has 0 aliphatic carbocycles. The molecule has 5 rings (SSSR count). The standard InChI is InChI=1S/C25H22N6O2/c1-18-3-2-12-30-14-22(28-24(18)30)15-33-23-10-6-20(7-11-23)25(32)29-21-8-4-19(5-9-21)13-31-17-26-16-27-31/h2-12,14,16-17H,13,15H2,1H3,(H,29,32). The van der Waals surface area contributed by atoms with E-state index < -0.39 is 0 Å². The van der Waals surface area contributed by atoms with Gasteiger partial charge in [0, 0.05) is 23.6 Å². The Morgan fingerprint density at radius 2 is 1.88 bits per heavy atom. The molecule has 1 N–H and O–H groups in total. The molecule has 33 heavy (non-hydrogen) atoms. The van der Waals surface area contributed by atoms with Gasteiger partial charge >= 0.3 is 0 Å². The third kappa shape index (κ3) is 4.74. The van der Waals surface area contributed by atoms with E-state index in [2.05, 4.69) is 20.4 Å². The molecule has 1 amide bonds. The smallest absolute Gasteiger partial charge is 0.255 e. The van der Waals surface area contributed by atoms with Gasteiger partial charge in [-0.25, -0.2) is 14.6 Å². The predicted molar refractivity (Wildman–Crippen MR) is 124 cm³/mol. The van der Waals surface area contributed by atoms with Gasteiger partial charge in [0.1, 0.15) is 30.7 Å². The van der Waals surface area contributed by atoms with Gasteiger partial charge in [-0.2, -0.15) is 5.10 Å². The summed E-state index contributed by atoms with van der Waals surface area (Å²) in [5.41, 5.74) is 5.24. The lowest BCUT2D eigenvalue weighted by Gasteiger charge is -2.08. The number of hydrogen-bond donors (Lipinski definition) is 1. The highest BCUT2D eigenvalue weighted by Crippen LogP contribution is 2.17. The van der Waals surface area contributed by atoms with Gasteiger partial charge in [-0.1, -0.05) is 18.2 Å². The molecular formula is C25H22N6O2. The SMILES string of the molecule is Cc1cccn2cc(COc3ccc(C(=O)Nc4ccc(Cn5cncn5)cc4)cc3)nc12. The minimum Gasteiger partial charge on any atom is -0.487 e. The van der Waals surface area contributed by atoms with E-state index >= 15 is 0 Å². The number of carbonyl (C=O) groups is 1. The number of amides is 1. The van der Waals surface area contributed by atoms with Crippen LogP contribution in [0.2, 0.25) is 0 Å². The van der Waals surface area contributed by atoms with Crippen molar-refractivity contribution in [3.8, 4) is 5.75 Å². The van der Waals surface area contributed by atoms with Crippen LogP contribution in [0.4, 0.5) is 5.69 Å². The van der Waals surface area contributed by atoms with Crippen molar-refractivity contribution in [3.05, 3.63) is 108 Å². The Hall–Kier alpha value is -4.46. The molecule has 3 aromatic heterocycles. The number of rotatable bonds is 7. The molecule has 164 valence electrons. The van der Waals surface area contributed by atoms with Crippen molar-refractivity contribution in [1.29, 1.82) is 0 Å². The third-order valence-corrected chi connectivity index (χ3v) is 5.25. The number of aryl methyl sites for hydroxylation is 1. The van der Waals surface area contributed by atoms with Crippen molar-refractivity contribution in [3.63, 3.8) is 0 Å². The summed E-state index contributed by atoms with van der Waals surface area (Å²) in [7, 11) is 0. The Bertz CT molecular complexity index is 1370. The van der Waals surface area contributed by atoms with Crippen molar-refractivity contribution in [2.24, 2.45) is 0 Å². The van der Waals surface area contributed by atoms with Crippen molar-refractivity contribution >= 4 is 17.2 Å². The van der Waals surface area contributed by atoms with Crippen LogP contribution < -0.4 is 10.1 Å². The molecular weight excluding hydrogens is 416 g/mol. The van der Waals surface area contributed by atoms with E-state index in [9.17, 15) is 4.79 Å². The number of ether oxygens (including phenoxy) is 1. The van der Waals surface area contributed by atoms with E-state index in [1.165, 1.54) is 6.33 Å². The number of anilines is 1. The molecule has 8 heteroatoms. The molecule has 0 radical (unpaired) electrons. The lowest BCUT2D eigenvalue weighted by Crippen LogP contribution is -2.11. The van der Waals surface area contributed by atoms with Crippen molar-refractivity contribution in [1.82, 2.24) is 24.1 Å². The Labute approximate surface area is 190 Å². The molecule has 0 aliphatic heterocycles. The summed E-state index contributed by atoms with van der Waals surface area (Å²) in [6, 6.07) is 18.7. The lowest BCUT2D eigenvalue weighted by molar-refractivity contribution is 0.102. The van der Waals surface area contributed by atoms with Crippen molar-refractivity contribution < 1.29 is 9.53 Å². The summed E-state index contributed by atoms with van der Waals surface area (Å²) in [4.78, 5) is 21.1. The van der Waals surface area contributed by atoms with Gasteiger partial charge in [-0.3, -0.25) is 4.79 Å². The van der Waals surface area contributed by atoms with Crippen LogP contribution in [-0.4, -0.2) is 30.1 Å². The van der Waals surface area contributed by atoms with Crippen LogP contribution in [0.15, 0.2) is 85.7 Å². The number of imidazole rings is 1. The minimum absolute atomic E-state index is 0.179. The molecule has 3 heterocycles. The fourth-order valence-electron chi connectivity index (χ4n) is 3.53. The van der Waals surface area contributed by atoms with E-state index in [0.717, 1.165) is 28.2 Å². The Morgan fingerprint density at radius 1 is 1.06 bits per heavy atom. The second kappa shape index (κ2) is 8.96. The summed E-state index contributed by atoms with van der Waals surface area (Å²) < 4.78 is 9.58. The first-order valence-electron chi connectivity index (χ1n) is 10.5. The number of nitrogens with one attached hydrogen (secondary N) is 1. The second-order valence-electron chi connectivity index (χ2n) is 7.71. The highest BCUT2D eigenvalue weighted by molar-refractivity contribution is 6.04. The number of aromatic nitrogens is 5. The minimum atomic E-state index is -0.179. The maximum absolute atomic E-state index is 12.6. The Morgan fingerprint density at radius 3 is 2.61 bits per heavy atom. The van der Waals surface area contributed by atoms with Gasteiger partial charge in [0.2, 0.25) is 0 Å². The molecule has 0 fully saturated rings. The van der Waals surface area contributed by atoms with Crippen LogP contribution in [0.3, 0.4) is 0 Å². The van der Waals surface area contributed by atoms with Gasteiger partial charge in [0.05, 0.1) is 12.2 Å². The Balaban J connectivity index is 1.17. The topological polar surface area (TPSA) is 86.3 Å². The van der Waals surface area contributed by atoms with Crippen LogP contribution in [0.25, 0.3) is 5.65 Å². The number of nitrogens with zero attached hydrogens (tertiary/aromatic N) is 5. The maximum Gasteiger partial charge on any atom is 0.255 e. The quantitative estimate of drug-likeness (QED) is 0.413. The van der Waals surface area contributed by atoms with Gasteiger partial charge in [-0.15, -0.1) is 0 Å². The number of carbonyl (C=O) groups excluding carboxylic acids is 1. The first-order valence-corrected chi connectivity index (χ1v) is 10.5. The average Bonchev–Trinajstić information content (AvgIpc) is 3.50. The zero-order valence-electron chi connectivity index (χ0n) is 18.0. The van der Waals surface area contributed by atoms with E-state index in [1.54, 1.807) is 35.3 Å². The molecule has 0 spiro atoms. The van der Waals surface area contributed by atoms with Crippen LogP contribution >= 0.6 is 0 Å². The number of hydrogen-bond acceptors (Lipinski definition) is 5. The molecule has 0 atom stereocenters. The molecule has 0 aliphatic rings. The zero-order valence-corrected chi connectivity index (χ0v) is 18.0. The van der Waals surface area contributed by atoms with Crippen molar-refractivity contribution in [2.45, 2.75) is 20.1 Å². The summed E-state index contributed by atoms with van der Waals surface area (Å²) in [5.74, 6) is 0.499. The van der Waals surface area contributed by atoms with Crippen molar-refractivity contribution in [2.75, 3.05) is 5.32 Å². The van der Waals surface area contributed by atoms with Crippen LogP contribution in [0, 0.1) is 6.92 Å². The number of benzene rings is 2. The summed E-state index contributed by atoms with van der Waals surface area (Å²) in [6.45, 7) is 3.02. The highest BCUT2D eigenvalue weighted by Gasteiger charge is 2.08. The van der Waals surface area contributed by atoms with E-state index in [0.29, 0.717) is 24.5 Å². The van der Waals surface area contributed by atoms with Crippen LogP contribution in [0.1, 0.15) is 27.2 Å². The first-order chi connectivity index (χ1) is 16.1. The fourth-order valence-corrected chi connectivity index (χ4v) is 3.53. The molecule has 0 saturated carbocycles. The molecule has 2 aromatic carbocycles. The Kier molecular flexibility index (Phi) is 5.55. The number of fused-ring (bicyclic) bond motifs is 1. The summed E-state index contributed by atoms with van der Waals surface area (Å²) >= 11 is 0. The molecule has 8 nitrogen and oxygen atoms in total. The molecule has 0 bridgehead atoms. The molecule has 0 unspecified atom stereocenters. The van der Waals surface area contributed by atoms with Crippen LogP contribution in [0.5, 0.6) is 5.75 Å². The van der Waals surface area contributed by atoms with E-state index in [-0.39, 0.29) is 5.91 Å². The van der Waals surface area contributed by atoms with Crippen LogP contribution in [-0.2, 0) is 13.2 Å². The first kappa shape index (κ1) is 20.4. The summed E-state index contributed by atoms with van der Waals surface area (Å²) in [5, 5.41) is 7.01. The average molecular weight is 438 g/mol. The van der Waals surface area contributed by atoms with Gasteiger partial charge < -0.3 is 14.5 Å². The number of pyridine rings is 1. The van der Waals surface area contributed by atoms with E-state index in [4.69, 9.17) is 4.74 Å². The largest absolute Gasteiger partial charge is 0.487 e. The zero-order chi connectivity index (χ0) is 22.6. The third-order valence-electron chi connectivity index (χ3n) is 5.25. The highest BCUT2D eigenvalue weighted by atomic mass is 16.5. The second-order valence-corrected chi connectivity index (χ2v) is 7.71. The normalized spacial score (nSPS) is 10.9. The fraction of sp³-hybridized carbons (Fsp3) is 0.120.